The van der Waals surface area contributed by atoms with Crippen molar-refractivity contribution in [2.45, 2.75) is 6.92 Å². The number of carbonyl (C=O) groups excluding carboxylic acids is 1. The molecule has 1 aliphatic heterocycles. The molecular formula is C25H23N5O2S. The molecule has 1 saturated heterocycles. The van der Waals surface area contributed by atoms with E-state index >= 15 is 0 Å². The summed E-state index contributed by atoms with van der Waals surface area (Å²) in [6, 6.07) is 19.2. The van der Waals surface area contributed by atoms with Crippen LogP contribution in [0.15, 0.2) is 77.0 Å². The summed E-state index contributed by atoms with van der Waals surface area (Å²) in [6.07, 6.45) is 1.73. The number of hydrogen-bond donors (Lipinski definition) is 1. The number of rotatable bonds is 5. The zero-order valence-corrected chi connectivity index (χ0v) is 19.2. The van der Waals surface area contributed by atoms with Crippen molar-refractivity contribution in [3.05, 3.63) is 88.2 Å². The van der Waals surface area contributed by atoms with E-state index in [1.54, 1.807) is 24.6 Å². The highest BCUT2D eigenvalue weighted by molar-refractivity contribution is 7.14. The molecule has 0 bridgehead atoms. The first-order valence-corrected chi connectivity index (χ1v) is 11.5. The van der Waals surface area contributed by atoms with Gasteiger partial charge >= 0.3 is 6.03 Å². The van der Waals surface area contributed by atoms with E-state index < -0.39 is 0 Å². The molecule has 2 aromatic heterocycles. The molecule has 0 aliphatic carbocycles. The second-order valence-electron chi connectivity index (χ2n) is 7.87. The van der Waals surface area contributed by atoms with Crippen LogP contribution < -0.4 is 20.7 Å². The van der Waals surface area contributed by atoms with Gasteiger partial charge in [0.2, 0.25) is 0 Å². The van der Waals surface area contributed by atoms with Crippen molar-refractivity contribution in [3.8, 4) is 11.3 Å². The Bertz CT molecular complexity index is 1370. The lowest BCUT2D eigenvalue weighted by molar-refractivity contribution is 0.256. The van der Waals surface area contributed by atoms with Crippen molar-refractivity contribution < 1.29 is 4.79 Å². The Morgan fingerprint density at radius 1 is 0.939 bits per heavy atom. The fraction of sp³-hybridized carbons (Fsp3) is 0.160. The molecule has 0 saturated carbocycles. The number of thiophene rings is 1. The quantitative estimate of drug-likeness (QED) is 0.457. The normalized spacial score (nSPS) is 13.6. The number of aromatic nitrogens is 2. The van der Waals surface area contributed by atoms with E-state index in [0.29, 0.717) is 18.8 Å². The number of aryl methyl sites for hydroxylation is 1. The minimum Gasteiger partial charge on any atom is -0.336 e. The Balaban J connectivity index is 1.51. The maximum Gasteiger partial charge on any atom is 0.329 e. The first-order valence-electron chi connectivity index (χ1n) is 10.6. The molecule has 0 spiro atoms. The lowest BCUT2D eigenvalue weighted by atomic mass is 10.0. The van der Waals surface area contributed by atoms with Gasteiger partial charge in [-0.05, 0) is 48.2 Å². The van der Waals surface area contributed by atoms with Gasteiger partial charge in [-0.1, -0.05) is 30.3 Å². The number of urea groups is 1. The Hall–Kier alpha value is -3.91. The Kier molecular flexibility index (Phi) is 5.43. The summed E-state index contributed by atoms with van der Waals surface area (Å²) in [5.41, 5.74) is 3.91. The number of benzene rings is 2. The van der Waals surface area contributed by atoms with Crippen molar-refractivity contribution in [2.75, 3.05) is 28.2 Å². The zero-order chi connectivity index (χ0) is 22.9. The Morgan fingerprint density at radius 3 is 2.48 bits per heavy atom. The third-order valence-electron chi connectivity index (χ3n) is 5.76. The molecular weight excluding hydrogens is 434 g/mol. The van der Waals surface area contributed by atoms with Gasteiger partial charge in [0.05, 0.1) is 10.7 Å². The minimum absolute atomic E-state index is 0.0300. The largest absolute Gasteiger partial charge is 0.336 e. The number of amides is 2. The average Bonchev–Trinajstić information content (AvgIpc) is 3.47. The average molecular weight is 458 g/mol. The maximum absolute atomic E-state index is 13.1. The van der Waals surface area contributed by atoms with Crippen LogP contribution >= 0.6 is 11.3 Å². The van der Waals surface area contributed by atoms with Gasteiger partial charge in [0.25, 0.3) is 5.56 Å². The Morgan fingerprint density at radius 2 is 1.73 bits per heavy atom. The molecule has 8 heteroatoms. The third kappa shape index (κ3) is 3.89. The SMILES string of the molecule is Cc1c(-c2cn(C)c(=O)c(Nc3ccccc3)n2)cccc1N1CCN(c2cccs2)C1=O. The molecule has 3 heterocycles. The summed E-state index contributed by atoms with van der Waals surface area (Å²) in [5.74, 6) is 0.257. The summed E-state index contributed by atoms with van der Waals surface area (Å²) in [6.45, 7) is 3.25. The van der Waals surface area contributed by atoms with Gasteiger partial charge in [-0.15, -0.1) is 11.3 Å². The van der Waals surface area contributed by atoms with Gasteiger partial charge in [0, 0.05) is 43.3 Å². The Labute approximate surface area is 195 Å². The van der Waals surface area contributed by atoms with E-state index in [0.717, 1.165) is 27.5 Å². The van der Waals surface area contributed by atoms with E-state index in [9.17, 15) is 9.59 Å². The highest BCUT2D eigenvalue weighted by atomic mass is 32.1. The predicted molar refractivity (Wildman–Crippen MR) is 134 cm³/mol. The summed E-state index contributed by atoms with van der Waals surface area (Å²) in [7, 11) is 1.71. The van der Waals surface area contributed by atoms with Crippen molar-refractivity contribution in [2.24, 2.45) is 7.05 Å². The van der Waals surface area contributed by atoms with Crippen LogP contribution in [-0.4, -0.2) is 28.7 Å². The summed E-state index contributed by atoms with van der Waals surface area (Å²) >= 11 is 1.56. The second-order valence-corrected chi connectivity index (χ2v) is 8.79. The van der Waals surface area contributed by atoms with Gasteiger partial charge in [-0.3, -0.25) is 14.6 Å². The summed E-state index contributed by atoms with van der Waals surface area (Å²) in [5, 5.41) is 6.05. The molecule has 4 aromatic rings. The zero-order valence-electron chi connectivity index (χ0n) is 18.4. The first-order chi connectivity index (χ1) is 16.0. The molecule has 2 aromatic carbocycles. The molecule has 2 amide bonds. The van der Waals surface area contributed by atoms with Gasteiger partial charge in [-0.25, -0.2) is 9.78 Å². The van der Waals surface area contributed by atoms with E-state index in [2.05, 4.69) is 10.3 Å². The summed E-state index contributed by atoms with van der Waals surface area (Å²) in [4.78, 5) is 34.1. The molecule has 0 radical (unpaired) electrons. The molecule has 1 N–H and O–H groups in total. The lowest BCUT2D eigenvalue weighted by Crippen LogP contribution is -2.31. The van der Waals surface area contributed by atoms with Crippen molar-refractivity contribution >= 4 is 39.6 Å². The molecule has 7 nitrogen and oxygen atoms in total. The first kappa shape index (κ1) is 21.0. The number of para-hydroxylation sites is 1. The maximum atomic E-state index is 13.1. The third-order valence-corrected chi connectivity index (χ3v) is 6.65. The van der Waals surface area contributed by atoms with Crippen molar-refractivity contribution in [1.29, 1.82) is 0 Å². The van der Waals surface area contributed by atoms with Crippen LogP contribution in [0, 0.1) is 6.92 Å². The number of anilines is 4. The summed E-state index contributed by atoms with van der Waals surface area (Å²) < 4.78 is 1.53. The van der Waals surface area contributed by atoms with Crippen LogP contribution in [0.2, 0.25) is 0 Å². The lowest BCUT2D eigenvalue weighted by Gasteiger charge is -2.21. The number of nitrogens with zero attached hydrogens (tertiary/aromatic N) is 4. The van der Waals surface area contributed by atoms with Crippen LogP contribution in [0.3, 0.4) is 0 Å². The topological polar surface area (TPSA) is 70.5 Å². The van der Waals surface area contributed by atoms with E-state index in [4.69, 9.17) is 0 Å². The van der Waals surface area contributed by atoms with E-state index in [1.807, 2.05) is 82.8 Å². The molecule has 1 aliphatic rings. The monoisotopic (exact) mass is 457 g/mol. The molecule has 33 heavy (non-hydrogen) atoms. The molecule has 0 unspecified atom stereocenters. The second kappa shape index (κ2) is 8.55. The minimum atomic E-state index is -0.210. The van der Waals surface area contributed by atoms with Gasteiger partial charge in [0.15, 0.2) is 5.82 Å². The number of nitrogens with one attached hydrogen (secondary N) is 1. The fourth-order valence-corrected chi connectivity index (χ4v) is 4.81. The van der Waals surface area contributed by atoms with Crippen molar-refractivity contribution in [3.63, 3.8) is 0 Å². The smallest absolute Gasteiger partial charge is 0.329 e. The van der Waals surface area contributed by atoms with Crippen LogP contribution in [0.4, 0.5) is 27.0 Å². The molecule has 1 fully saturated rings. The highest BCUT2D eigenvalue weighted by Gasteiger charge is 2.32. The van der Waals surface area contributed by atoms with Gasteiger partial charge in [0.1, 0.15) is 0 Å². The number of carbonyl (C=O) groups is 1. The predicted octanol–water partition coefficient (Wildman–Crippen LogP) is 5.01. The van der Waals surface area contributed by atoms with Crippen LogP contribution in [-0.2, 0) is 7.05 Å². The molecule has 0 atom stereocenters. The van der Waals surface area contributed by atoms with E-state index in [1.165, 1.54) is 4.57 Å². The van der Waals surface area contributed by atoms with Gasteiger partial charge < -0.3 is 9.88 Å². The number of hydrogen-bond acceptors (Lipinski definition) is 5. The van der Waals surface area contributed by atoms with E-state index in [-0.39, 0.29) is 17.4 Å². The van der Waals surface area contributed by atoms with Gasteiger partial charge in [-0.2, -0.15) is 0 Å². The molecule has 166 valence electrons. The van der Waals surface area contributed by atoms with Crippen LogP contribution in [0.5, 0.6) is 0 Å². The van der Waals surface area contributed by atoms with Crippen molar-refractivity contribution in [1.82, 2.24) is 9.55 Å². The molecule has 5 rings (SSSR count). The van der Waals surface area contributed by atoms with Crippen LogP contribution in [0.25, 0.3) is 11.3 Å². The highest BCUT2D eigenvalue weighted by Crippen LogP contribution is 2.34. The fourth-order valence-electron chi connectivity index (χ4n) is 4.06. The van der Waals surface area contributed by atoms with Crippen LogP contribution in [0.1, 0.15) is 5.56 Å². The standard InChI is InChI=1S/C25H23N5O2S/c1-17-19(20-16-28(2)24(31)23(27-20)26-18-8-4-3-5-9-18)10-6-11-21(17)29-13-14-30(25(29)32)22-12-7-15-33-22/h3-12,15-16H,13-14H2,1-2H3,(H,26,27).